The summed E-state index contributed by atoms with van der Waals surface area (Å²) in [6.07, 6.45) is 0.384. The molecule has 2 N–H and O–H groups in total. The van der Waals surface area contributed by atoms with Crippen molar-refractivity contribution in [1.82, 2.24) is 0 Å². The monoisotopic (exact) mass is 698 g/mol. The van der Waals surface area contributed by atoms with Crippen molar-refractivity contribution in [3.63, 3.8) is 0 Å². The Morgan fingerprint density at radius 1 is 0.587 bits per heavy atom. The number of carbonyl (C=O) groups excluding carboxylic acids is 3. The molecule has 0 aromatic rings. The number of aliphatic hydroxyl groups excluding tert-OH is 1. The van der Waals surface area contributed by atoms with E-state index in [4.69, 9.17) is 19.3 Å². The number of nitrogens with zero attached hydrogens (tertiary/aromatic N) is 2. The molecule has 4 unspecified atom stereocenters. The summed E-state index contributed by atoms with van der Waals surface area (Å²) < 4.78 is 17.1. The van der Waals surface area contributed by atoms with Crippen LogP contribution in [0.2, 0.25) is 0 Å². The lowest BCUT2D eigenvalue weighted by molar-refractivity contribution is -0.870. The minimum atomic E-state index is -1.15. The molecule has 0 aliphatic heterocycles. The van der Waals surface area contributed by atoms with E-state index in [1.165, 1.54) is 0 Å². The molecule has 46 heavy (non-hydrogen) atoms. The molecule has 0 radical (unpaired) electrons. The van der Waals surface area contributed by atoms with Gasteiger partial charge in [0, 0.05) is 0 Å². The summed E-state index contributed by atoms with van der Waals surface area (Å²) in [6, 6.07) is 0. The molecule has 0 bridgehead atoms. The van der Waals surface area contributed by atoms with Crippen molar-refractivity contribution in [2.45, 2.75) is 98.9 Å². The summed E-state index contributed by atoms with van der Waals surface area (Å²) in [4.78, 5) is 50.0. The van der Waals surface area contributed by atoms with E-state index in [9.17, 15) is 24.3 Å². The van der Waals surface area contributed by atoms with Gasteiger partial charge in [0.2, 0.25) is 0 Å². The Bertz CT molecular complexity index is 739. The summed E-state index contributed by atoms with van der Waals surface area (Å²) >= 11 is 0. The first-order valence-electron chi connectivity index (χ1n) is 12.9. The van der Waals surface area contributed by atoms with Crippen molar-refractivity contribution in [1.29, 1.82) is 0 Å². The number of carbonyl (C=O) groups is 4. The zero-order valence-electron chi connectivity index (χ0n) is 24.4. The highest BCUT2D eigenvalue weighted by molar-refractivity contribution is 5.78. The number of halogens is 1. The highest BCUT2D eigenvalue weighted by atomic mass is 35.5. The smallest absolute Gasteiger partial charge is 0.309 e. The van der Waals surface area contributed by atoms with Crippen LogP contribution >= 0.6 is 0 Å². The second kappa shape index (κ2) is 34.4. The van der Waals surface area contributed by atoms with E-state index in [0.29, 0.717) is 28.5 Å². The van der Waals surface area contributed by atoms with E-state index in [-0.39, 0.29) is 118 Å². The van der Waals surface area contributed by atoms with Crippen molar-refractivity contribution in [3.05, 3.63) is 0 Å². The average molecular weight is 698 g/mol. The molecule has 0 fully saturated rings. The topological polar surface area (TPSA) is 136 Å². The lowest BCUT2D eigenvalue weighted by atomic mass is 9.82. The van der Waals surface area contributed by atoms with Crippen LogP contribution in [-0.2, 0) is 33.4 Å². The molecule has 0 heterocycles. The lowest BCUT2D eigenvalue weighted by Gasteiger charge is -2.27. The van der Waals surface area contributed by atoms with Crippen LogP contribution < -0.4 is 12.4 Å². The number of likely N-dealkylation sites (N-methyl/N-ethyl adjacent to an activating group) is 2. The largest absolute Gasteiger partial charge is 1.00 e. The summed E-state index contributed by atoms with van der Waals surface area (Å²) in [5, 5.41) is 18.7. The molecule has 4 atom stereocenters. The average Bonchev–Trinajstić information content (AvgIpc) is 2.76. The fraction of sp³-hybridized carbons (Fsp3) is 0.882. The van der Waals surface area contributed by atoms with Gasteiger partial charge in [0.25, 0.3) is 0 Å². The molecule has 0 aliphatic carbocycles. The third-order valence-corrected chi connectivity index (χ3v) is 6.04. The number of aliphatic hydroxyl groups is 1. The number of ether oxygens (including phenoxy) is 3. The Labute approximate surface area is 292 Å². The zero-order valence-corrected chi connectivity index (χ0v) is 25.2. The Kier molecular flexibility index (Phi) is 52.6. The molecule has 0 aliphatic rings. The van der Waals surface area contributed by atoms with Crippen molar-refractivity contribution >= 4 is 23.9 Å². The highest BCUT2D eigenvalue weighted by Crippen LogP contribution is 2.28. The van der Waals surface area contributed by atoms with Gasteiger partial charge in [0.05, 0.1) is 72.6 Å². The maximum atomic E-state index is 13.1. The third-order valence-electron chi connectivity index (χ3n) is 6.04. The molecule has 288 valence electrons. The van der Waals surface area contributed by atoms with Gasteiger partial charge in [-0.3, -0.25) is 19.2 Å². The summed E-state index contributed by atoms with van der Waals surface area (Å²) in [6.45, 7) is 4.46. The van der Waals surface area contributed by atoms with Gasteiger partial charge in [-0.15, -0.1) is 0 Å². The van der Waals surface area contributed by atoms with E-state index >= 15 is 0 Å². The van der Waals surface area contributed by atoms with E-state index in [2.05, 4.69) is 0 Å². The number of aliphatic carboxylic acids is 1. The second-order valence-electron chi connectivity index (χ2n) is 11.7. The summed E-state index contributed by atoms with van der Waals surface area (Å²) in [5.74, 6) is -5.97. The van der Waals surface area contributed by atoms with Crippen molar-refractivity contribution in [2.24, 2.45) is 23.7 Å². The summed E-state index contributed by atoms with van der Waals surface area (Å²) in [5.41, 5.74) is 0. The minimum absolute atomic E-state index is 0. The Morgan fingerprint density at radius 3 is 1.26 bits per heavy atom. The van der Waals surface area contributed by atoms with Gasteiger partial charge in [-0.1, -0.05) is 73.3 Å². The normalized spacial score (nSPS) is 12.3. The van der Waals surface area contributed by atoms with E-state index in [1.54, 1.807) is 6.92 Å². The molecule has 0 saturated carbocycles. The molecule has 0 rings (SSSR count). The highest BCUT2D eigenvalue weighted by Gasteiger charge is 2.34. The van der Waals surface area contributed by atoms with E-state index in [1.807, 2.05) is 49.2 Å². The first-order chi connectivity index (χ1) is 17.0. The van der Waals surface area contributed by atoms with Crippen LogP contribution in [0.4, 0.5) is 0 Å². The van der Waals surface area contributed by atoms with E-state index in [0.717, 1.165) is 0 Å². The molecular formula is C34H82ClN2O9+. The quantitative estimate of drug-likeness (QED) is 0.118. The number of hydrogen-bond acceptors (Lipinski definition) is 8. The number of esters is 3. The molecule has 12 heteroatoms. The standard InChI is InChI=1S/C26H49N2O9.8CH4.ClH/c1-9-20(25(33)35-13-10-27(3,4)5)17-22(26(34)36-14-11-28(6,7)8)18-21(23(30)31)16-19(2)24(32)37-15-12-29;;;;;;;;;/h19-22,29H,9-18H2,1-8H3;8*1H4;1H/q+1;;;;;;;;;. The van der Waals surface area contributed by atoms with Crippen LogP contribution in [0.5, 0.6) is 0 Å². The van der Waals surface area contributed by atoms with Crippen molar-refractivity contribution < 1.29 is 65.0 Å². The Balaban J connectivity index is -0.000000180. The summed E-state index contributed by atoms with van der Waals surface area (Å²) in [7, 11) is 11.8. The van der Waals surface area contributed by atoms with Crippen LogP contribution in [0.15, 0.2) is 0 Å². The molecule has 11 nitrogen and oxygen atoms in total. The molecule has 0 aromatic carbocycles. The number of hydrogen-bond donors (Lipinski definition) is 2. The van der Waals surface area contributed by atoms with Gasteiger partial charge >= 0.3 is 23.9 Å². The third kappa shape index (κ3) is 33.4. The van der Waals surface area contributed by atoms with Gasteiger partial charge in [0.1, 0.15) is 32.9 Å². The maximum Gasteiger partial charge on any atom is 0.309 e. The molecule has 0 saturated heterocycles. The molecule has 0 spiro atoms. The first kappa shape index (κ1) is 70.4. The van der Waals surface area contributed by atoms with Gasteiger partial charge in [-0.2, -0.15) is 0 Å². The number of quaternary nitrogens is 2. The van der Waals surface area contributed by atoms with Crippen LogP contribution in [0, 0.1) is 23.7 Å². The fourth-order valence-electron chi connectivity index (χ4n) is 3.59. The van der Waals surface area contributed by atoms with Crippen LogP contribution in [0.1, 0.15) is 98.9 Å². The van der Waals surface area contributed by atoms with Crippen molar-refractivity contribution in [3.8, 4) is 0 Å². The van der Waals surface area contributed by atoms with Gasteiger partial charge in [-0.05, 0) is 25.7 Å². The van der Waals surface area contributed by atoms with Gasteiger partial charge in [0.15, 0.2) is 0 Å². The predicted molar refractivity (Wildman–Crippen MR) is 191 cm³/mol. The molecular weight excluding hydrogens is 616 g/mol. The second-order valence-corrected chi connectivity index (χ2v) is 11.7. The van der Waals surface area contributed by atoms with Gasteiger partial charge in [-0.25, -0.2) is 0 Å². The van der Waals surface area contributed by atoms with Crippen LogP contribution in [0.25, 0.3) is 0 Å². The minimum Gasteiger partial charge on any atom is -1.00 e. The number of rotatable bonds is 19. The first-order valence-corrected chi connectivity index (χ1v) is 12.9. The molecule has 0 amide bonds. The van der Waals surface area contributed by atoms with Crippen LogP contribution in [0.3, 0.4) is 0 Å². The number of carboxylic acids is 1. The predicted octanol–water partition coefficient (Wildman–Crippen LogP) is 3.26. The Hall–Kier alpha value is -1.95. The SMILES string of the molecule is C.C.C.C.C.C.C.C.CCC(CC(CC(CC(C)C(=O)OCCO)C(=O)O)C(=O)OCC[N+](C)(C)C)C(=O)OCC[N+](C)(C)C.[Cl-]. The molecule has 0 aromatic heterocycles. The van der Waals surface area contributed by atoms with Crippen molar-refractivity contribution in [2.75, 3.05) is 81.8 Å². The van der Waals surface area contributed by atoms with Gasteiger partial charge < -0.3 is 45.8 Å². The van der Waals surface area contributed by atoms with E-state index < -0.39 is 47.5 Å². The lowest BCUT2D eigenvalue weighted by Crippen LogP contribution is -3.00. The number of carboxylic acid groups (broad SMARTS) is 1. The zero-order chi connectivity index (χ0) is 28.8. The van der Waals surface area contributed by atoms with Crippen LogP contribution in [-0.4, -0.2) is 125 Å². The maximum absolute atomic E-state index is 13.1. The Morgan fingerprint density at radius 2 is 0.935 bits per heavy atom. The fourth-order valence-corrected chi connectivity index (χ4v) is 3.59.